The lowest BCUT2D eigenvalue weighted by Crippen LogP contribution is -2.28. The maximum atomic E-state index is 12.2. The van der Waals surface area contributed by atoms with Crippen LogP contribution in [0.1, 0.15) is 36.7 Å². The highest BCUT2D eigenvalue weighted by Gasteiger charge is 2.12. The molecule has 0 saturated heterocycles. The van der Waals surface area contributed by atoms with E-state index in [0.29, 0.717) is 29.5 Å². The Morgan fingerprint density at radius 2 is 1.68 bits per heavy atom. The van der Waals surface area contributed by atoms with E-state index in [9.17, 15) is 13.2 Å². The Labute approximate surface area is 181 Å². The number of hydrogen-bond acceptors (Lipinski definition) is 6. The van der Waals surface area contributed by atoms with Crippen LogP contribution in [0.15, 0.2) is 53.1 Å². The smallest absolute Gasteiger partial charge is 0.319 e. The molecule has 10 heteroatoms. The van der Waals surface area contributed by atoms with Gasteiger partial charge in [-0.3, -0.25) is 0 Å². The van der Waals surface area contributed by atoms with E-state index in [4.69, 9.17) is 4.52 Å². The van der Waals surface area contributed by atoms with Crippen molar-refractivity contribution in [2.24, 2.45) is 0 Å². The summed E-state index contributed by atoms with van der Waals surface area (Å²) in [7, 11) is -1.93. The van der Waals surface area contributed by atoms with Gasteiger partial charge in [0.25, 0.3) is 5.89 Å². The zero-order valence-electron chi connectivity index (χ0n) is 17.5. The minimum atomic E-state index is -3.31. The minimum Gasteiger partial charge on any atom is -0.334 e. The van der Waals surface area contributed by atoms with Crippen molar-refractivity contribution in [3.05, 3.63) is 65.5 Å². The summed E-state index contributed by atoms with van der Waals surface area (Å²) in [4.78, 5) is 16.5. The number of rotatable bonds is 8. The van der Waals surface area contributed by atoms with Gasteiger partial charge in [-0.1, -0.05) is 43.3 Å². The van der Waals surface area contributed by atoms with Crippen LogP contribution in [-0.4, -0.2) is 31.6 Å². The van der Waals surface area contributed by atoms with Gasteiger partial charge >= 0.3 is 6.03 Å². The van der Waals surface area contributed by atoms with Crippen molar-refractivity contribution in [1.29, 1.82) is 0 Å². The SMILES string of the molecule is CNS(=O)(=O)Cc1ccc(CNC(=O)Nc2ccc(-c3nc(C(C)C)no3)cc2)cc1. The van der Waals surface area contributed by atoms with E-state index in [1.807, 2.05) is 13.8 Å². The lowest BCUT2D eigenvalue weighted by Gasteiger charge is -2.09. The summed E-state index contributed by atoms with van der Waals surface area (Å²) in [6.07, 6.45) is 0. The Balaban J connectivity index is 1.51. The van der Waals surface area contributed by atoms with E-state index in [0.717, 1.165) is 11.1 Å². The summed E-state index contributed by atoms with van der Waals surface area (Å²) in [5, 5.41) is 9.47. The molecular weight excluding hydrogens is 418 g/mol. The highest BCUT2D eigenvalue weighted by atomic mass is 32.2. The Morgan fingerprint density at radius 3 is 2.26 bits per heavy atom. The van der Waals surface area contributed by atoms with Gasteiger partial charge in [-0.05, 0) is 42.4 Å². The van der Waals surface area contributed by atoms with Crippen LogP contribution in [0.4, 0.5) is 10.5 Å². The second kappa shape index (κ2) is 9.71. The average Bonchev–Trinajstić information content (AvgIpc) is 3.24. The minimum absolute atomic E-state index is 0.0872. The molecule has 31 heavy (non-hydrogen) atoms. The molecule has 0 unspecified atom stereocenters. The largest absolute Gasteiger partial charge is 0.334 e. The maximum absolute atomic E-state index is 12.2. The molecule has 9 nitrogen and oxygen atoms in total. The zero-order valence-corrected chi connectivity index (χ0v) is 18.4. The van der Waals surface area contributed by atoms with Crippen LogP contribution in [0.3, 0.4) is 0 Å². The average molecular weight is 444 g/mol. The number of nitrogens with one attached hydrogen (secondary N) is 3. The summed E-state index contributed by atoms with van der Waals surface area (Å²) >= 11 is 0. The molecule has 2 amide bonds. The third kappa shape index (κ3) is 6.37. The van der Waals surface area contributed by atoms with E-state index in [-0.39, 0.29) is 17.7 Å². The van der Waals surface area contributed by atoms with Gasteiger partial charge in [-0.2, -0.15) is 4.98 Å². The Hall–Kier alpha value is -3.24. The molecule has 164 valence electrons. The normalized spacial score (nSPS) is 11.5. The topological polar surface area (TPSA) is 126 Å². The number of carbonyl (C=O) groups is 1. The first-order valence-corrected chi connectivity index (χ1v) is 11.4. The predicted molar refractivity (Wildman–Crippen MR) is 118 cm³/mol. The van der Waals surface area contributed by atoms with Gasteiger partial charge in [-0.25, -0.2) is 17.9 Å². The molecule has 0 radical (unpaired) electrons. The second-order valence-corrected chi connectivity index (χ2v) is 9.20. The Kier molecular flexibility index (Phi) is 7.03. The molecule has 0 aliphatic rings. The van der Waals surface area contributed by atoms with Crippen LogP contribution in [-0.2, 0) is 22.3 Å². The molecule has 0 atom stereocenters. The van der Waals surface area contributed by atoms with Crippen molar-refractivity contribution in [2.75, 3.05) is 12.4 Å². The van der Waals surface area contributed by atoms with Crippen molar-refractivity contribution >= 4 is 21.7 Å². The lowest BCUT2D eigenvalue weighted by molar-refractivity contribution is 0.251. The maximum Gasteiger partial charge on any atom is 0.319 e. The fourth-order valence-corrected chi connectivity index (χ4v) is 3.46. The first-order chi connectivity index (χ1) is 14.8. The van der Waals surface area contributed by atoms with Crippen molar-refractivity contribution in [3.63, 3.8) is 0 Å². The molecule has 1 heterocycles. The van der Waals surface area contributed by atoms with Crippen molar-refractivity contribution in [3.8, 4) is 11.5 Å². The second-order valence-electron chi connectivity index (χ2n) is 7.28. The molecule has 3 rings (SSSR count). The van der Waals surface area contributed by atoms with Crippen LogP contribution < -0.4 is 15.4 Å². The number of sulfonamides is 1. The molecule has 3 aromatic rings. The van der Waals surface area contributed by atoms with Crippen molar-refractivity contribution in [2.45, 2.75) is 32.1 Å². The van der Waals surface area contributed by atoms with Crippen LogP contribution in [0.5, 0.6) is 0 Å². The third-order valence-corrected chi connectivity index (χ3v) is 5.83. The monoisotopic (exact) mass is 443 g/mol. The number of hydrogen-bond donors (Lipinski definition) is 3. The van der Waals surface area contributed by atoms with E-state index >= 15 is 0 Å². The van der Waals surface area contributed by atoms with Crippen molar-refractivity contribution < 1.29 is 17.7 Å². The number of benzene rings is 2. The first-order valence-electron chi connectivity index (χ1n) is 9.73. The molecule has 0 saturated carbocycles. The number of urea groups is 1. The zero-order chi connectivity index (χ0) is 22.4. The standard InChI is InChI=1S/C21H25N5O4S/c1-14(2)19-25-20(30-26-19)17-8-10-18(11-9-17)24-21(27)23-12-15-4-6-16(7-5-15)13-31(28,29)22-3/h4-11,14,22H,12-13H2,1-3H3,(H2,23,24,27). The van der Waals surface area contributed by atoms with E-state index in [2.05, 4.69) is 25.5 Å². The molecule has 3 N–H and O–H groups in total. The van der Waals surface area contributed by atoms with E-state index in [1.165, 1.54) is 7.05 Å². The molecule has 0 bridgehead atoms. The van der Waals surface area contributed by atoms with Gasteiger partial charge in [0.05, 0.1) is 5.75 Å². The van der Waals surface area contributed by atoms with Crippen LogP contribution in [0, 0.1) is 0 Å². The van der Waals surface area contributed by atoms with Crippen LogP contribution in [0.2, 0.25) is 0 Å². The molecule has 0 spiro atoms. The highest BCUT2D eigenvalue weighted by molar-refractivity contribution is 7.88. The van der Waals surface area contributed by atoms with Gasteiger partial charge in [0.2, 0.25) is 10.0 Å². The first kappa shape index (κ1) is 22.4. The van der Waals surface area contributed by atoms with Gasteiger partial charge in [0.1, 0.15) is 0 Å². The number of anilines is 1. The van der Waals surface area contributed by atoms with Crippen LogP contribution in [0.25, 0.3) is 11.5 Å². The summed E-state index contributed by atoms with van der Waals surface area (Å²) in [6.45, 7) is 4.29. The predicted octanol–water partition coefficient (Wildman–Crippen LogP) is 3.23. The summed E-state index contributed by atoms with van der Waals surface area (Å²) in [5.74, 6) is 1.18. The molecule has 0 aliphatic heterocycles. The number of aromatic nitrogens is 2. The van der Waals surface area contributed by atoms with Gasteiger partial charge in [0, 0.05) is 23.7 Å². The fraction of sp³-hybridized carbons (Fsp3) is 0.286. The Bertz CT molecular complexity index is 1120. The number of amides is 2. The molecule has 1 aromatic heterocycles. The number of carbonyl (C=O) groups excluding carboxylic acids is 1. The van der Waals surface area contributed by atoms with E-state index in [1.54, 1.807) is 48.5 Å². The summed E-state index contributed by atoms with van der Waals surface area (Å²) in [6, 6.07) is 13.8. The van der Waals surface area contributed by atoms with Gasteiger partial charge in [-0.15, -0.1) is 0 Å². The molecule has 0 aliphatic carbocycles. The number of nitrogens with zero attached hydrogens (tertiary/aromatic N) is 2. The lowest BCUT2D eigenvalue weighted by atomic mass is 10.1. The summed E-state index contributed by atoms with van der Waals surface area (Å²) in [5.41, 5.74) is 2.92. The quantitative estimate of drug-likeness (QED) is 0.491. The molecular formula is C21H25N5O4S. The highest BCUT2D eigenvalue weighted by Crippen LogP contribution is 2.21. The van der Waals surface area contributed by atoms with E-state index < -0.39 is 10.0 Å². The van der Waals surface area contributed by atoms with Crippen LogP contribution >= 0.6 is 0 Å². The summed E-state index contributed by atoms with van der Waals surface area (Å²) < 4.78 is 30.7. The molecule has 0 fully saturated rings. The van der Waals surface area contributed by atoms with Gasteiger partial charge in [0.15, 0.2) is 5.82 Å². The van der Waals surface area contributed by atoms with Crippen molar-refractivity contribution in [1.82, 2.24) is 20.2 Å². The third-order valence-electron chi connectivity index (χ3n) is 4.49. The Morgan fingerprint density at radius 1 is 1.03 bits per heavy atom. The fourth-order valence-electron chi connectivity index (χ4n) is 2.69. The van der Waals surface area contributed by atoms with Gasteiger partial charge < -0.3 is 15.2 Å². The molecule has 2 aromatic carbocycles.